The SMILES string of the molecule is CCN(CC)c1nc2c(c(-c3ccc(F)cc3)n1)CCCN(C(=O)OC(C)(C)C)C2. The summed E-state index contributed by atoms with van der Waals surface area (Å²) in [5.74, 6) is 0.350. The third-order valence-electron chi connectivity index (χ3n) is 5.09. The minimum absolute atomic E-state index is 0.279. The molecule has 30 heavy (non-hydrogen) atoms. The zero-order valence-corrected chi connectivity index (χ0v) is 18.5. The fourth-order valence-corrected chi connectivity index (χ4v) is 3.59. The maximum Gasteiger partial charge on any atom is 0.410 e. The fourth-order valence-electron chi connectivity index (χ4n) is 3.59. The van der Waals surface area contributed by atoms with Gasteiger partial charge in [-0.25, -0.2) is 19.2 Å². The molecule has 7 heteroatoms. The summed E-state index contributed by atoms with van der Waals surface area (Å²) in [6.45, 7) is 12.2. The van der Waals surface area contributed by atoms with Crippen LogP contribution in [0, 0.1) is 5.82 Å². The number of aromatic nitrogens is 2. The van der Waals surface area contributed by atoms with Crippen molar-refractivity contribution in [1.82, 2.24) is 14.9 Å². The first-order chi connectivity index (χ1) is 14.2. The molecule has 2 heterocycles. The van der Waals surface area contributed by atoms with Crippen LogP contribution in [0.5, 0.6) is 0 Å². The number of hydrogen-bond acceptors (Lipinski definition) is 5. The van der Waals surface area contributed by atoms with Crippen LogP contribution in [0.4, 0.5) is 15.1 Å². The van der Waals surface area contributed by atoms with Crippen molar-refractivity contribution in [2.75, 3.05) is 24.5 Å². The van der Waals surface area contributed by atoms with Crippen molar-refractivity contribution in [1.29, 1.82) is 0 Å². The Morgan fingerprint density at radius 2 is 1.83 bits per heavy atom. The molecule has 0 saturated carbocycles. The summed E-state index contributed by atoms with van der Waals surface area (Å²) in [5.41, 5.74) is 2.96. The van der Waals surface area contributed by atoms with Gasteiger partial charge in [-0.2, -0.15) is 0 Å². The number of carbonyl (C=O) groups excluding carboxylic acids is 1. The number of rotatable bonds is 4. The Kier molecular flexibility index (Phi) is 6.58. The molecule has 1 aromatic carbocycles. The van der Waals surface area contributed by atoms with Crippen LogP contribution < -0.4 is 4.90 Å². The highest BCUT2D eigenvalue weighted by Crippen LogP contribution is 2.30. The summed E-state index contributed by atoms with van der Waals surface area (Å²) in [7, 11) is 0. The normalized spacial score (nSPS) is 14.1. The molecule has 0 atom stereocenters. The van der Waals surface area contributed by atoms with Crippen LogP contribution in [0.25, 0.3) is 11.3 Å². The van der Waals surface area contributed by atoms with Gasteiger partial charge < -0.3 is 14.5 Å². The van der Waals surface area contributed by atoms with E-state index in [-0.39, 0.29) is 11.9 Å². The van der Waals surface area contributed by atoms with E-state index in [0.717, 1.165) is 48.4 Å². The van der Waals surface area contributed by atoms with Gasteiger partial charge in [-0.05, 0) is 71.7 Å². The summed E-state index contributed by atoms with van der Waals surface area (Å²) < 4.78 is 19.1. The number of nitrogens with zero attached hydrogens (tertiary/aromatic N) is 4. The number of anilines is 1. The lowest BCUT2D eigenvalue weighted by atomic mass is 10.0. The zero-order chi connectivity index (χ0) is 21.9. The van der Waals surface area contributed by atoms with E-state index in [1.165, 1.54) is 12.1 Å². The van der Waals surface area contributed by atoms with Crippen molar-refractivity contribution in [3.05, 3.63) is 41.3 Å². The van der Waals surface area contributed by atoms with Gasteiger partial charge in [0.05, 0.1) is 17.9 Å². The van der Waals surface area contributed by atoms with Crippen molar-refractivity contribution < 1.29 is 13.9 Å². The summed E-state index contributed by atoms with van der Waals surface area (Å²) >= 11 is 0. The number of carbonyl (C=O) groups is 1. The van der Waals surface area contributed by atoms with Gasteiger partial charge in [0.15, 0.2) is 0 Å². The quantitative estimate of drug-likeness (QED) is 0.718. The molecule has 3 rings (SSSR count). The van der Waals surface area contributed by atoms with Crippen LogP contribution in [-0.2, 0) is 17.7 Å². The van der Waals surface area contributed by atoms with Gasteiger partial charge in [0.1, 0.15) is 11.4 Å². The van der Waals surface area contributed by atoms with Gasteiger partial charge >= 0.3 is 6.09 Å². The smallest absolute Gasteiger partial charge is 0.410 e. The summed E-state index contributed by atoms with van der Waals surface area (Å²) in [6, 6.07) is 6.40. The van der Waals surface area contributed by atoms with Crippen LogP contribution in [0.15, 0.2) is 24.3 Å². The highest BCUT2D eigenvalue weighted by molar-refractivity contribution is 5.70. The number of benzene rings is 1. The average Bonchev–Trinajstić information content (AvgIpc) is 2.90. The number of hydrogen-bond donors (Lipinski definition) is 0. The lowest BCUT2D eigenvalue weighted by Crippen LogP contribution is -2.36. The first-order valence-corrected chi connectivity index (χ1v) is 10.6. The van der Waals surface area contributed by atoms with E-state index in [1.807, 2.05) is 20.8 Å². The second kappa shape index (κ2) is 8.98. The van der Waals surface area contributed by atoms with Gasteiger partial charge in [-0.3, -0.25) is 0 Å². The molecule has 0 bridgehead atoms. The standard InChI is InChI=1S/C23H31FN4O2/c1-6-27(7-2)21-25-19-15-28(22(29)30-23(3,4)5)14-8-9-18(19)20(26-21)16-10-12-17(24)13-11-16/h10-13H,6-9,14-15H2,1-5H3. The van der Waals surface area contributed by atoms with Crippen LogP contribution in [-0.4, -0.2) is 46.2 Å². The van der Waals surface area contributed by atoms with E-state index >= 15 is 0 Å². The number of amides is 1. The maximum atomic E-state index is 13.5. The highest BCUT2D eigenvalue weighted by Gasteiger charge is 2.28. The first kappa shape index (κ1) is 22.0. The van der Waals surface area contributed by atoms with Crippen molar-refractivity contribution in [2.24, 2.45) is 0 Å². The molecular weight excluding hydrogens is 383 g/mol. The Balaban J connectivity index is 2.06. The Bertz CT molecular complexity index is 889. The van der Waals surface area contributed by atoms with Gasteiger partial charge in [0.25, 0.3) is 0 Å². The summed E-state index contributed by atoms with van der Waals surface area (Å²) in [6.07, 6.45) is 1.20. The molecule has 0 N–H and O–H groups in total. The third kappa shape index (κ3) is 5.07. The summed E-state index contributed by atoms with van der Waals surface area (Å²) in [4.78, 5) is 26.2. The lowest BCUT2D eigenvalue weighted by molar-refractivity contribution is 0.0234. The molecule has 0 aliphatic carbocycles. The van der Waals surface area contributed by atoms with Crippen molar-refractivity contribution >= 4 is 12.0 Å². The number of halogens is 1. The molecule has 1 amide bonds. The van der Waals surface area contributed by atoms with E-state index in [9.17, 15) is 9.18 Å². The molecule has 162 valence electrons. The molecule has 1 aliphatic rings. The van der Waals surface area contributed by atoms with E-state index in [1.54, 1.807) is 17.0 Å². The number of ether oxygens (including phenoxy) is 1. The average molecular weight is 415 g/mol. The van der Waals surface area contributed by atoms with E-state index < -0.39 is 5.60 Å². The lowest BCUT2D eigenvalue weighted by Gasteiger charge is -2.27. The second-order valence-corrected chi connectivity index (χ2v) is 8.48. The minimum atomic E-state index is -0.552. The van der Waals surface area contributed by atoms with E-state index in [0.29, 0.717) is 19.0 Å². The second-order valence-electron chi connectivity index (χ2n) is 8.48. The first-order valence-electron chi connectivity index (χ1n) is 10.6. The van der Waals surface area contributed by atoms with Crippen LogP contribution in [0.2, 0.25) is 0 Å². The molecule has 2 aromatic rings. The summed E-state index contributed by atoms with van der Waals surface area (Å²) in [5, 5.41) is 0. The highest BCUT2D eigenvalue weighted by atomic mass is 19.1. The molecule has 0 fully saturated rings. The molecule has 1 aliphatic heterocycles. The Morgan fingerprint density at radius 3 is 2.43 bits per heavy atom. The van der Waals surface area contributed by atoms with Gasteiger partial charge in [-0.1, -0.05) is 0 Å². The predicted molar refractivity (Wildman–Crippen MR) is 116 cm³/mol. The van der Waals surface area contributed by atoms with Crippen molar-refractivity contribution in [3.8, 4) is 11.3 Å². The molecule has 0 spiro atoms. The van der Waals surface area contributed by atoms with Gasteiger partial charge in [-0.15, -0.1) is 0 Å². The Morgan fingerprint density at radius 1 is 1.17 bits per heavy atom. The molecule has 1 aromatic heterocycles. The topological polar surface area (TPSA) is 58.6 Å². The van der Waals surface area contributed by atoms with Gasteiger partial charge in [0.2, 0.25) is 5.95 Å². The van der Waals surface area contributed by atoms with Crippen molar-refractivity contribution in [2.45, 2.75) is 59.6 Å². The van der Waals surface area contributed by atoms with E-state index in [2.05, 4.69) is 18.7 Å². The molecule has 0 radical (unpaired) electrons. The Labute approximate surface area is 178 Å². The van der Waals surface area contributed by atoms with E-state index in [4.69, 9.17) is 14.7 Å². The molecule has 0 unspecified atom stereocenters. The predicted octanol–water partition coefficient (Wildman–Crippen LogP) is 4.81. The fraction of sp³-hybridized carbons (Fsp3) is 0.522. The molecule has 0 saturated heterocycles. The molecular formula is C23H31FN4O2. The third-order valence-corrected chi connectivity index (χ3v) is 5.09. The molecule has 6 nitrogen and oxygen atoms in total. The maximum absolute atomic E-state index is 13.5. The zero-order valence-electron chi connectivity index (χ0n) is 18.5. The van der Waals surface area contributed by atoms with Crippen LogP contribution in [0.1, 0.15) is 52.3 Å². The number of fused-ring (bicyclic) bond motifs is 1. The van der Waals surface area contributed by atoms with Crippen LogP contribution in [0.3, 0.4) is 0 Å². The Hall–Kier alpha value is -2.70. The minimum Gasteiger partial charge on any atom is -0.444 e. The van der Waals surface area contributed by atoms with Gasteiger partial charge in [0, 0.05) is 30.8 Å². The largest absolute Gasteiger partial charge is 0.444 e. The van der Waals surface area contributed by atoms with Crippen molar-refractivity contribution in [3.63, 3.8) is 0 Å². The van der Waals surface area contributed by atoms with Crippen LogP contribution >= 0.6 is 0 Å². The monoisotopic (exact) mass is 414 g/mol.